The predicted molar refractivity (Wildman–Crippen MR) is 104 cm³/mol. The average Bonchev–Trinajstić information content (AvgIpc) is 3.20. The first-order valence-corrected chi connectivity index (χ1v) is 10.0. The number of nitrogens with zero attached hydrogens (tertiary/aromatic N) is 3. The number of aromatic nitrogens is 3. The standard InChI is InChI=1S/C21H17F7N4O2/c1-19(21(26,27)28)5-3-2-4-10-6-11(22)8-12(7-10)33-16-13(20(23,24)25)9-14(29)15(30-16)17-31-32-18(19)34-17/h6-9H,2-5,29H2,1H3. The number of nitrogen functional groups attached to an aromatic ring is 1. The third-order valence-electron chi connectivity index (χ3n) is 5.59. The Hall–Kier alpha value is -3.38. The molecule has 34 heavy (non-hydrogen) atoms. The minimum Gasteiger partial charge on any atom is -0.438 e. The van der Waals surface area contributed by atoms with Crippen LogP contribution in [-0.4, -0.2) is 21.4 Å². The molecule has 1 aliphatic rings. The van der Waals surface area contributed by atoms with Crippen molar-refractivity contribution in [1.29, 1.82) is 0 Å². The van der Waals surface area contributed by atoms with Crippen LogP contribution in [0, 0.1) is 5.82 Å². The number of pyridine rings is 1. The third kappa shape index (κ3) is 4.38. The number of anilines is 1. The van der Waals surface area contributed by atoms with E-state index >= 15 is 0 Å². The molecule has 3 aromatic rings. The molecule has 0 saturated heterocycles. The second-order valence-electron chi connectivity index (χ2n) is 8.12. The van der Waals surface area contributed by atoms with E-state index in [9.17, 15) is 30.7 Å². The molecular formula is C21H17F7N4O2. The average molecular weight is 490 g/mol. The monoisotopic (exact) mass is 490 g/mol. The van der Waals surface area contributed by atoms with E-state index in [0.717, 1.165) is 19.1 Å². The molecule has 1 aliphatic heterocycles. The Morgan fingerprint density at radius 3 is 2.41 bits per heavy atom. The molecule has 2 N–H and O–H groups in total. The number of halogens is 7. The van der Waals surface area contributed by atoms with Crippen LogP contribution in [0.15, 0.2) is 28.7 Å². The number of rotatable bonds is 0. The summed E-state index contributed by atoms with van der Waals surface area (Å²) in [4.78, 5) is 3.72. The highest BCUT2D eigenvalue weighted by molar-refractivity contribution is 5.68. The Labute approximate surface area is 187 Å². The molecule has 0 fully saturated rings. The van der Waals surface area contributed by atoms with Crippen molar-refractivity contribution in [3.8, 4) is 23.2 Å². The fourth-order valence-corrected chi connectivity index (χ4v) is 3.62. The fraction of sp³-hybridized carbons (Fsp3) is 0.381. The van der Waals surface area contributed by atoms with Crippen LogP contribution < -0.4 is 10.5 Å². The van der Waals surface area contributed by atoms with Crippen LogP contribution >= 0.6 is 0 Å². The number of nitrogens with two attached hydrogens (primary N) is 1. The van der Waals surface area contributed by atoms with Crippen molar-refractivity contribution in [2.45, 2.75) is 50.4 Å². The van der Waals surface area contributed by atoms with E-state index in [1.807, 2.05) is 0 Å². The Morgan fingerprint density at radius 1 is 1.00 bits per heavy atom. The maximum Gasteiger partial charge on any atom is 0.421 e. The summed E-state index contributed by atoms with van der Waals surface area (Å²) in [5.74, 6) is -3.45. The highest BCUT2D eigenvalue weighted by Gasteiger charge is 2.55. The zero-order valence-corrected chi connectivity index (χ0v) is 17.5. The molecule has 0 spiro atoms. The fourth-order valence-electron chi connectivity index (χ4n) is 3.62. The Morgan fingerprint density at radius 2 is 1.74 bits per heavy atom. The summed E-state index contributed by atoms with van der Waals surface area (Å²) in [7, 11) is 0. The molecule has 6 nitrogen and oxygen atoms in total. The summed E-state index contributed by atoms with van der Waals surface area (Å²) in [5.41, 5.74) is 1.05. The van der Waals surface area contributed by atoms with Gasteiger partial charge in [0.15, 0.2) is 5.69 Å². The summed E-state index contributed by atoms with van der Waals surface area (Å²) in [6.45, 7) is 0.890. The summed E-state index contributed by atoms with van der Waals surface area (Å²) >= 11 is 0. The van der Waals surface area contributed by atoms with Gasteiger partial charge in [-0.3, -0.25) is 0 Å². The minimum absolute atomic E-state index is 0.0623. The quantitative estimate of drug-likeness (QED) is 0.377. The summed E-state index contributed by atoms with van der Waals surface area (Å²) in [6, 6.07) is 3.78. The molecule has 13 heteroatoms. The lowest BCUT2D eigenvalue weighted by Crippen LogP contribution is -2.40. The van der Waals surface area contributed by atoms with Crippen LogP contribution in [0.4, 0.5) is 36.4 Å². The van der Waals surface area contributed by atoms with Crippen LogP contribution in [0.3, 0.4) is 0 Å². The second kappa shape index (κ2) is 8.13. The maximum absolute atomic E-state index is 14.1. The largest absolute Gasteiger partial charge is 0.438 e. The topological polar surface area (TPSA) is 87.1 Å². The number of hydrogen-bond acceptors (Lipinski definition) is 6. The van der Waals surface area contributed by atoms with Crippen molar-refractivity contribution in [2.75, 3.05) is 5.73 Å². The Balaban J connectivity index is 1.93. The molecule has 2 aromatic heterocycles. The van der Waals surface area contributed by atoms with Crippen molar-refractivity contribution in [3.63, 3.8) is 0 Å². The molecule has 1 unspecified atom stereocenters. The minimum atomic E-state index is -4.96. The molecule has 0 amide bonds. The molecule has 1 aromatic carbocycles. The summed E-state index contributed by atoms with van der Waals surface area (Å²) in [5, 5.41) is 7.05. The number of ether oxygens (including phenoxy) is 1. The maximum atomic E-state index is 14.1. The van der Waals surface area contributed by atoms with Gasteiger partial charge in [0.25, 0.3) is 5.89 Å². The molecule has 0 radical (unpaired) electrons. The number of alkyl halides is 6. The van der Waals surface area contributed by atoms with Crippen molar-refractivity contribution in [1.82, 2.24) is 15.2 Å². The first-order valence-electron chi connectivity index (χ1n) is 10.0. The van der Waals surface area contributed by atoms with E-state index in [2.05, 4.69) is 15.2 Å². The summed E-state index contributed by atoms with van der Waals surface area (Å²) < 4.78 is 107. The number of fused-ring (bicyclic) bond motifs is 7. The van der Waals surface area contributed by atoms with Crippen LogP contribution in [0.5, 0.6) is 11.6 Å². The van der Waals surface area contributed by atoms with E-state index < -0.39 is 64.6 Å². The van der Waals surface area contributed by atoms with Gasteiger partial charge in [-0.25, -0.2) is 9.37 Å². The predicted octanol–water partition coefficient (Wildman–Crippen LogP) is 6.21. The number of hydrogen-bond donors (Lipinski definition) is 1. The SMILES string of the molecule is CC1(C(F)(F)F)CCCCc2cc(F)cc(c2)Oc2nc(c(N)cc2C(F)(F)F)-c2nnc1o2. The van der Waals surface area contributed by atoms with Gasteiger partial charge >= 0.3 is 12.4 Å². The van der Waals surface area contributed by atoms with Crippen LogP contribution in [0.25, 0.3) is 11.6 Å². The molecule has 3 heterocycles. The molecule has 1 atom stereocenters. The van der Waals surface area contributed by atoms with E-state index in [0.29, 0.717) is 11.6 Å². The third-order valence-corrected chi connectivity index (χ3v) is 5.59. The van der Waals surface area contributed by atoms with Crippen molar-refractivity contribution in [2.24, 2.45) is 0 Å². The second-order valence-corrected chi connectivity index (χ2v) is 8.12. The van der Waals surface area contributed by atoms with Gasteiger partial charge in [0.05, 0.1) is 5.69 Å². The highest BCUT2D eigenvalue weighted by Crippen LogP contribution is 2.46. The normalized spacial score (nSPS) is 19.2. The molecule has 0 aliphatic carbocycles. The first-order chi connectivity index (χ1) is 15.8. The summed E-state index contributed by atoms with van der Waals surface area (Å²) in [6.07, 6.45) is -9.70. The van der Waals surface area contributed by atoms with E-state index in [1.165, 1.54) is 6.07 Å². The number of aryl methyl sites for hydroxylation is 1. The zero-order valence-electron chi connectivity index (χ0n) is 17.5. The van der Waals surface area contributed by atoms with Crippen molar-refractivity contribution >= 4 is 5.69 Å². The van der Waals surface area contributed by atoms with Crippen LogP contribution in [0.2, 0.25) is 0 Å². The molecule has 6 bridgehead atoms. The van der Waals surface area contributed by atoms with E-state index in [-0.39, 0.29) is 25.0 Å². The van der Waals surface area contributed by atoms with Gasteiger partial charge in [0.1, 0.15) is 22.5 Å². The Bertz CT molecular complexity index is 1220. The number of benzene rings is 1. The molecule has 182 valence electrons. The van der Waals surface area contributed by atoms with E-state index in [4.69, 9.17) is 14.9 Å². The smallest absolute Gasteiger partial charge is 0.421 e. The Kier molecular flexibility index (Phi) is 5.68. The van der Waals surface area contributed by atoms with Gasteiger partial charge in [-0.2, -0.15) is 26.3 Å². The van der Waals surface area contributed by atoms with Gasteiger partial charge < -0.3 is 14.9 Å². The lowest BCUT2D eigenvalue weighted by atomic mass is 9.83. The van der Waals surface area contributed by atoms with Gasteiger partial charge in [0.2, 0.25) is 11.8 Å². The van der Waals surface area contributed by atoms with Crippen LogP contribution in [-0.2, 0) is 18.0 Å². The van der Waals surface area contributed by atoms with E-state index in [1.54, 1.807) is 0 Å². The molecule has 4 rings (SSSR count). The molecular weight excluding hydrogens is 473 g/mol. The van der Waals surface area contributed by atoms with Gasteiger partial charge in [0, 0.05) is 6.07 Å². The van der Waals surface area contributed by atoms with Crippen molar-refractivity contribution < 1.29 is 39.9 Å². The van der Waals surface area contributed by atoms with Gasteiger partial charge in [-0.1, -0.05) is 6.42 Å². The van der Waals surface area contributed by atoms with Gasteiger partial charge in [-0.15, -0.1) is 10.2 Å². The first kappa shape index (κ1) is 23.8. The molecule has 0 saturated carbocycles. The zero-order chi connectivity index (χ0) is 24.9. The van der Waals surface area contributed by atoms with Crippen LogP contribution in [0.1, 0.15) is 43.2 Å². The lowest BCUT2D eigenvalue weighted by Gasteiger charge is -2.28. The lowest BCUT2D eigenvalue weighted by molar-refractivity contribution is -0.194. The van der Waals surface area contributed by atoms with Crippen molar-refractivity contribution in [3.05, 3.63) is 47.1 Å². The highest BCUT2D eigenvalue weighted by atomic mass is 19.4. The van der Waals surface area contributed by atoms with Gasteiger partial charge in [-0.05, 0) is 49.9 Å².